The Labute approximate surface area is 93.9 Å². The third kappa shape index (κ3) is 2.13. The Bertz CT molecular complexity index is 385. The molecule has 1 saturated heterocycles. The number of amides is 1. The minimum Gasteiger partial charge on any atom is -0.378 e. The molecular weight excluding hydrogens is 206 g/mol. The second-order valence-corrected chi connectivity index (χ2v) is 3.72. The Morgan fingerprint density at radius 1 is 1.38 bits per heavy atom. The fraction of sp³-hybridized carbons (Fsp3) is 0.417. The van der Waals surface area contributed by atoms with E-state index < -0.39 is 5.92 Å². The molecule has 1 fully saturated rings. The van der Waals surface area contributed by atoms with Crippen molar-refractivity contribution in [3.05, 3.63) is 29.9 Å². The first-order chi connectivity index (χ1) is 7.83. The Kier molecular flexibility index (Phi) is 3.34. The fourth-order valence-corrected chi connectivity index (χ4v) is 1.84. The summed E-state index contributed by atoms with van der Waals surface area (Å²) in [6.45, 7) is 2.33. The molecule has 2 aliphatic rings. The molecule has 16 heavy (non-hydrogen) atoms. The van der Waals surface area contributed by atoms with E-state index >= 15 is 0 Å². The summed E-state index contributed by atoms with van der Waals surface area (Å²) >= 11 is 0. The lowest BCUT2D eigenvalue weighted by Gasteiger charge is -2.29. The standard InChI is InChI=1S/C12H13NO3/c14-9-10-3-1-2-4-11(10)12(15)13-5-7-16-8-6-13/h1-4,11H,5-8H2. The second kappa shape index (κ2) is 4.92. The van der Waals surface area contributed by atoms with Crippen LogP contribution in [0.1, 0.15) is 0 Å². The van der Waals surface area contributed by atoms with Gasteiger partial charge in [0.25, 0.3) is 0 Å². The van der Waals surface area contributed by atoms with Gasteiger partial charge in [-0.25, -0.2) is 4.79 Å². The first-order valence-corrected chi connectivity index (χ1v) is 5.29. The molecule has 0 N–H and O–H groups in total. The largest absolute Gasteiger partial charge is 0.378 e. The predicted octanol–water partition coefficient (Wildman–Crippen LogP) is 0.345. The number of nitrogens with zero attached hydrogens (tertiary/aromatic N) is 1. The van der Waals surface area contributed by atoms with Gasteiger partial charge in [-0.15, -0.1) is 0 Å². The Morgan fingerprint density at radius 3 is 2.81 bits per heavy atom. The van der Waals surface area contributed by atoms with Crippen LogP contribution in [0.4, 0.5) is 0 Å². The average Bonchev–Trinajstić information content (AvgIpc) is 2.39. The van der Waals surface area contributed by atoms with E-state index in [4.69, 9.17) is 4.74 Å². The van der Waals surface area contributed by atoms with Gasteiger partial charge in [0, 0.05) is 13.1 Å². The lowest BCUT2D eigenvalue weighted by atomic mass is 9.94. The number of morpholine rings is 1. The summed E-state index contributed by atoms with van der Waals surface area (Å²) < 4.78 is 5.18. The highest BCUT2D eigenvalue weighted by atomic mass is 16.5. The molecule has 2 rings (SSSR count). The zero-order valence-corrected chi connectivity index (χ0v) is 8.89. The van der Waals surface area contributed by atoms with Crippen molar-refractivity contribution in [2.45, 2.75) is 0 Å². The van der Waals surface area contributed by atoms with E-state index in [1.54, 1.807) is 29.2 Å². The zero-order valence-electron chi connectivity index (χ0n) is 8.89. The van der Waals surface area contributed by atoms with Crippen molar-refractivity contribution in [3.8, 4) is 0 Å². The molecule has 0 aromatic heterocycles. The lowest BCUT2D eigenvalue weighted by Crippen LogP contribution is -2.43. The van der Waals surface area contributed by atoms with E-state index in [1.807, 2.05) is 5.94 Å². The molecule has 0 spiro atoms. The van der Waals surface area contributed by atoms with E-state index in [-0.39, 0.29) is 5.91 Å². The van der Waals surface area contributed by atoms with Crippen molar-refractivity contribution < 1.29 is 14.3 Å². The smallest absolute Gasteiger partial charge is 0.234 e. The summed E-state index contributed by atoms with van der Waals surface area (Å²) in [5, 5.41) is 0. The third-order valence-corrected chi connectivity index (χ3v) is 2.73. The van der Waals surface area contributed by atoms with Crippen molar-refractivity contribution in [3.63, 3.8) is 0 Å². The van der Waals surface area contributed by atoms with E-state index in [9.17, 15) is 9.59 Å². The lowest BCUT2D eigenvalue weighted by molar-refractivity contribution is -0.136. The van der Waals surface area contributed by atoms with Crippen LogP contribution in [0.15, 0.2) is 29.9 Å². The topological polar surface area (TPSA) is 46.6 Å². The molecule has 0 aromatic rings. The first kappa shape index (κ1) is 10.9. The second-order valence-electron chi connectivity index (χ2n) is 3.72. The highest BCUT2D eigenvalue weighted by molar-refractivity contribution is 5.88. The molecule has 0 aromatic carbocycles. The predicted molar refractivity (Wildman–Crippen MR) is 58.4 cm³/mol. The van der Waals surface area contributed by atoms with Crippen LogP contribution < -0.4 is 0 Å². The van der Waals surface area contributed by atoms with E-state index in [0.29, 0.717) is 31.9 Å². The maximum Gasteiger partial charge on any atom is 0.234 e. The van der Waals surface area contributed by atoms with Crippen LogP contribution in [0.25, 0.3) is 0 Å². The van der Waals surface area contributed by atoms with Crippen molar-refractivity contribution in [2.24, 2.45) is 5.92 Å². The van der Waals surface area contributed by atoms with E-state index in [0.717, 1.165) is 0 Å². The van der Waals surface area contributed by atoms with Crippen LogP contribution in [0.5, 0.6) is 0 Å². The van der Waals surface area contributed by atoms with Crippen LogP contribution in [-0.4, -0.2) is 43.1 Å². The summed E-state index contributed by atoms with van der Waals surface area (Å²) in [6.07, 6.45) is 6.89. The van der Waals surface area contributed by atoms with Gasteiger partial charge >= 0.3 is 0 Å². The van der Waals surface area contributed by atoms with Gasteiger partial charge in [0.05, 0.1) is 24.7 Å². The summed E-state index contributed by atoms with van der Waals surface area (Å²) in [5.74, 6) is 1.31. The molecule has 0 bridgehead atoms. The highest BCUT2D eigenvalue weighted by Gasteiger charge is 2.27. The van der Waals surface area contributed by atoms with Gasteiger partial charge in [-0.05, 0) is 6.08 Å². The molecule has 1 amide bonds. The molecule has 1 heterocycles. The summed E-state index contributed by atoms with van der Waals surface area (Å²) in [4.78, 5) is 24.6. The SMILES string of the molecule is O=C=C1C=CC=CC1C(=O)N1CCOCC1. The summed E-state index contributed by atoms with van der Waals surface area (Å²) in [6, 6.07) is 0. The molecule has 4 heteroatoms. The zero-order chi connectivity index (χ0) is 11.4. The number of hydrogen-bond acceptors (Lipinski definition) is 3. The number of carbonyl (C=O) groups excluding carboxylic acids is 2. The Balaban J connectivity index is 2.11. The van der Waals surface area contributed by atoms with Gasteiger partial charge in [0.2, 0.25) is 5.91 Å². The molecule has 1 aliphatic carbocycles. The molecule has 4 nitrogen and oxygen atoms in total. The number of ether oxygens (including phenoxy) is 1. The van der Waals surface area contributed by atoms with Gasteiger partial charge in [0.1, 0.15) is 5.94 Å². The van der Waals surface area contributed by atoms with Crippen LogP contribution >= 0.6 is 0 Å². The molecule has 1 atom stereocenters. The fourth-order valence-electron chi connectivity index (χ4n) is 1.84. The Hall–Kier alpha value is -1.64. The van der Waals surface area contributed by atoms with Crippen molar-refractivity contribution in [1.82, 2.24) is 4.90 Å². The van der Waals surface area contributed by atoms with Crippen LogP contribution in [0, 0.1) is 5.92 Å². The minimum atomic E-state index is -0.472. The molecule has 1 unspecified atom stereocenters. The van der Waals surface area contributed by atoms with E-state index in [2.05, 4.69) is 0 Å². The summed E-state index contributed by atoms with van der Waals surface area (Å²) in [5.41, 5.74) is 0.402. The minimum absolute atomic E-state index is 0.0396. The first-order valence-electron chi connectivity index (χ1n) is 5.29. The van der Waals surface area contributed by atoms with Gasteiger partial charge in [-0.2, -0.15) is 0 Å². The Morgan fingerprint density at radius 2 is 2.12 bits per heavy atom. The number of allylic oxidation sites excluding steroid dienone is 3. The van der Waals surface area contributed by atoms with Crippen molar-refractivity contribution >= 4 is 11.8 Å². The van der Waals surface area contributed by atoms with Gasteiger partial charge < -0.3 is 9.64 Å². The van der Waals surface area contributed by atoms with Gasteiger partial charge in [-0.1, -0.05) is 18.2 Å². The third-order valence-electron chi connectivity index (χ3n) is 2.73. The maximum absolute atomic E-state index is 12.1. The average molecular weight is 219 g/mol. The van der Waals surface area contributed by atoms with Gasteiger partial charge in [0.15, 0.2) is 0 Å². The number of rotatable bonds is 1. The monoisotopic (exact) mass is 219 g/mol. The molecule has 0 radical (unpaired) electrons. The molecular formula is C12H13NO3. The van der Waals surface area contributed by atoms with E-state index in [1.165, 1.54) is 0 Å². The summed E-state index contributed by atoms with van der Waals surface area (Å²) in [7, 11) is 0. The van der Waals surface area contributed by atoms with Crippen molar-refractivity contribution in [2.75, 3.05) is 26.3 Å². The number of hydrogen-bond donors (Lipinski definition) is 0. The van der Waals surface area contributed by atoms with Crippen molar-refractivity contribution in [1.29, 1.82) is 0 Å². The molecule has 1 aliphatic heterocycles. The highest BCUT2D eigenvalue weighted by Crippen LogP contribution is 2.19. The maximum atomic E-state index is 12.1. The molecule has 84 valence electrons. The van der Waals surface area contributed by atoms with Gasteiger partial charge in [-0.3, -0.25) is 4.79 Å². The van der Waals surface area contributed by atoms with Crippen LogP contribution in [0.3, 0.4) is 0 Å². The quantitative estimate of drug-likeness (QED) is 0.598. The van der Waals surface area contributed by atoms with Crippen LogP contribution in [0.2, 0.25) is 0 Å². The molecule has 0 saturated carbocycles. The normalized spacial score (nSPS) is 24.4. The number of carbonyl (C=O) groups is 1. The van der Waals surface area contributed by atoms with Crippen LogP contribution in [-0.2, 0) is 14.3 Å².